The Balaban J connectivity index is 2.08. The molecule has 0 atom stereocenters. The highest BCUT2D eigenvalue weighted by Gasteiger charge is 2.24. The number of nitrogen functional groups attached to an aromatic ring is 1. The van der Waals surface area contributed by atoms with Gasteiger partial charge >= 0.3 is 0 Å². The monoisotopic (exact) mass is 264 g/mol. The third-order valence-corrected chi connectivity index (χ3v) is 3.48. The molecule has 0 bridgehead atoms. The summed E-state index contributed by atoms with van der Waals surface area (Å²) in [5.41, 5.74) is 3.82. The third-order valence-electron chi connectivity index (χ3n) is 3.48. The summed E-state index contributed by atoms with van der Waals surface area (Å²) in [4.78, 5) is 12.8. The number of hydrazine groups is 1. The quantitative estimate of drug-likeness (QED) is 0.447. The van der Waals surface area contributed by atoms with Gasteiger partial charge in [-0.2, -0.15) is 0 Å². The molecule has 2 rings (SSSR count). The molecule has 6 heteroatoms. The molecule has 0 aromatic heterocycles. The average Bonchev–Trinajstić information content (AvgIpc) is 3.21. The van der Waals surface area contributed by atoms with Crippen molar-refractivity contribution in [1.82, 2.24) is 4.90 Å². The summed E-state index contributed by atoms with van der Waals surface area (Å²) in [7, 11) is 0. The summed E-state index contributed by atoms with van der Waals surface area (Å²) in [6, 6.07) is 5.07. The second kappa shape index (κ2) is 5.99. The molecule has 6 nitrogen and oxygen atoms in total. The number of hydrogen-bond acceptors (Lipinski definition) is 5. The lowest BCUT2D eigenvalue weighted by atomic mass is 10.1. The molecule has 0 radical (unpaired) electrons. The Hall–Kier alpha value is -1.66. The van der Waals surface area contributed by atoms with Crippen LogP contribution in [-0.4, -0.2) is 22.9 Å². The first-order valence-electron chi connectivity index (χ1n) is 6.60. The molecular weight excluding hydrogens is 244 g/mol. The van der Waals surface area contributed by atoms with Crippen molar-refractivity contribution in [3.8, 4) is 0 Å². The van der Waals surface area contributed by atoms with Gasteiger partial charge in [0.2, 0.25) is 0 Å². The smallest absolute Gasteiger partial charge is 0.293 e. The fourth-order valence-corrected chi connectivity index (χ4v) is 2.19. The molecule has 1 aromatic rings. The van der Waals surface area contributed by atoms with Crippen molar-refractivity contribution >= 4 is 11.4 Å². The number of nitrogens with two attached hydrogens (primary N) is 1. The maximum absolute atomic E-state index is 10.8. The molecule has 0 heterocycles. The van der Waals surface area contributed by atoms with Gasteiger partial charge in [-0.15, -0.1) is 0 Å². The Kier molecular flexibility index (Phi) is 4.34. The number of benzene rings is 1. The van der Waals surface area contributed by atoms with E-state index < -0.39 is 4.92 Å². The summed E-state index contributed by atoms with van der Waals surface area (Å²) in [6.45, 7) is 5.04. The molecule has 0 spiro atoms. The summed E-state index contributed by atoms with van der Waals surface area (Å²) in [6.07, 6.45) is 2.65. The minimum absolute atomic E-state index is 0.0106. The van der Waals surface area contributed by atoms with Gasteiger partial charge in [0.25, 0.3) is 5.69 Å². The average molecular weight is 264 g/mol. The number of nitro benzene ring substituents is 1. The Labute approximate surface area is 112 Å². The van der Waals surface area contributed by atoms with E-state index in [-0.39, 0.29) is 5.69 Å². The van der Waals surface area contributed by atoms with Crippen LogP contribution in [0.5, 0.6) is 0 Å². The minimum Gasteiger partial charge on any atom is -0.318 e. The fourth-order valence-electron chi connectivity index (χ4n) is 2.19. The van der Waals surface area contributed by atoms with Gasteiger partial charge in [-0.25, -0.2) is 0 Å². The molecule has 104 valence electrons. The number of hydrogen-bond donors (Lipinski definition) is 2. The normalized spacial score (nSPS) is 14.7. The van der Waals surface area contributed by atoms with E-state index in [4.69, 9.17) is 5.84 Å². The first-order chi connectivity index (χ1) is 9.13. The molecule has 0 saturated heterocycles. The number of nitro groups is 1. The summed E-state index contributed by atoms with van der Waals surface area (Å²) in [5, 5.41) is 10.8. The van der Waals surface area contributed by atoms with Crippen molar-refractivity contribution in [2.75, 3.05) is 18.5 Å². The van der Waals surface area contributed by atoms with E-state index in [9.17, 15) is 10.1 Å². The van der Waals surface area contributed by atoms with Crippen molar-refractivity contribution in [2.24, 2.45) is 11.8 Å². The zero-order valence-electron chi connectivity index (χ0n) is 11.1. The predicted octanol–water partition coefficient (Wildman–Crippen LogP) is 2.11. The van der Waals surface area contributed by atoms with Crippen LogP contribution in [-0.2, 0) is 6.54 Å². The zero-order chi connectivity index (χ0) is 13.8. The van der Waals surface area contributed by atoms with Crippen LogP contribution in [0.2, 0.25) is 0 Å². The van der Waals surface area contributed by atoms with Gasteiger partial charge in [0, 0.05) is 19.2 Å². The lowest BCUT2D eigenvalue weighted by Gasteiger charge is -2.20. The SMILES string of the molecule is CCN(Cc1ccc([N+](=O)[O-])c(NN)c1)CC1CC1. The summed E-state index contributed by atoms with van der Waals surface area (Å²) < 4.78 is 0. The van der Waals surface area contributed by atoms with Crippen molar-refractivity contribution < 1.29 is 4.92 Å². The topological polar surface area (TPSA) is 84.4 Å². The van der Waals surface area contributed by atoms with E-state index in [0.717, 1.165) is 31.1 Å². The number of rotatable bonds is 7. The molecule has 1 saturated carbocycles. The van der Waals surface area contributed by atoms with Crippen LogP contribution in [0.4, 0.5) is 11.4 Å². The van der Waals surface area contributed by atoms with Crippen LogP contribution in [0, 0.1) is 16.0 Å². The first kappa shape index (κ1) is 13.8. The fraction of sp³-hybridized carbons (Fsp3) is 0.538. The summed E-state index contributed by atoms with van der Waals surface area (Å²) in [5.74, 6) is 6.18. The van der Waals surface area contributed by atoms with Crippen LogP contribution < -0.4 is 11.3 Å². The molecule has 0 unspecified atom stereocenters. The highest BCUT2D eigenvalue weighted by molar-refractivity contribution is 5.62. The Morgan fingerprint density at radius 1 is 1.53 bits per heavy atom. The Morgan fingerprint density at radius 2 is 2.26 bits per heavy atom. The van der Waals surface area contributed by atoms with Crippen LogP contribution in [0.1, 0.15) is 25.3 Å². The van der Waals surface area contributed by atoms with Gasteiger partial charge in [0.15, 0.2) is 0 Å². The van der Waals surface area contributed by atoms with E-state index in [1.807, 2.05) is 0 Å². The van der Waals surface area contributed by atoms with Crippen LogP contribution >= 0.6 is 0 Å². The molecular formula is C13H20N4O2. The van der Waals surface area contributed by atoms with Crippen molar-refractivity contribution in [1.29, 1.82) is 0 Å². The van der Waals surface area contributed by atoms with E-state index in [2.05, 4.69) is 17.2 Å². The minimum atomic E-state index is -0.430. The first-order valence-corrected chi connectivity index (χ1v) is 6.60. The van der Waals surface area contributed by atoms with Gasteiger partial charge in [0.1, 0.15) is 5.69 Å². The van der Waals surface area contributed by atoms with Crippen LogP contribution in [0.3, 0.4) is 0 Å². The molecule has 1 aliphatic rings. The Morgan fingerprint density at radius 3 is 2.79 bits per heavy atom. The number of nitrogens with zero attached hydrogens (tertiary/aromatic N) is 2. The largest absolute Gasteiger partial charge is 0.318 e. The van der Waals surface area contributed by atoms with E-state index in [0.29, 0.717) is 5.69 Å². The van der Waals surface area contributed by atoms with E-state index >= 15 is 0 Å². The lowest BCUT2D eigenvalue weighted by Crippen LogP contribution is -2.25. The highest BCUT2D eigenvalue weighted by atomic mass is 16.6. The van der Waals surface area contributed by atoms with Gasteiger partial charge < -0.3 is 5.43 Å². The van der Waals surface area contributed by atoms with Crippen LogP contribution in [0.15, 0.2) is 18.2 Å². The molecule has 1 aliphatic carbocycles. The van der Waals surface area contributed by atoms with Crippen molar-refractivity contribution in [2.45, 2.75) is 26.3 Å². The van der Waals surface area contributed by atoms with Gasteiger partial charge in [-0.3, -0.25) is 20.9 Å². The predicted molar refractivity (Wildman–Crippen MR) is 74.6 cm³/mol. The molecule has 1 fully saturated rings. The molecule has 1 aromatic carbocycles. The standard InChI is InChI=1S/C13H20N4O2/c1-2-16(8-10-3-4-10)9-11-5-6-13(17(18)19)12(7-11)15-14/h5-7,10,15H,2-4,8-9,14H2,1H3. The maximum atomic E-state index is 10.8. The van der Waals surface area contributed by atoms with Gasteiger partial charge in [-0.1, -0.05) is 13.0 Å². The second-order valence-corrected chi connectivity index (χ2v) is 5.02. The molecule has 0 aliphatic heterocycles. The third kappa shape index (κ3) is 3.65. The number of anilines is 1. The molecule has 19 heavy (non-hydrogen) atoms. The summed E-state index contributed by atoms with van der Waals surface area (Å²) >= 11 is 0. The van der Waals surface area contributed by atoms with Crippen molar-refractivity contribution in [3.63, 3.8) is 0 Å². The van der Waals surface area contributed by atoms with E-state index in [1.54, 1.807) is 12.1 Å². The van der Waals surface area contributed by atoms with Gasteiger partial charge in [-0.05, 0) is 36.9 Å². The van der Waals surface area contributed by atoms with Crippen molar-refractivity contribution in [3.05, 3.63) is 33.9 Å². The number of nitrogens with one attached hydrogen (secondary N) is 1. The lowest BCUT2D eigenvalue weighted by molar-refractivity contribution is -0.384. The zero-order valence-corrected chi connectivity index (χ0v) is 11.1. The molecule has 3 N–H and O–H groups in total. The highest BCUT2D eigenvalue weighted by Crippen LogP contribution is 2.30. The van der Waals surface area contributed by atoms with E-state index in [1.165, 1.54) is 18.9 Å². The molecule has 0 amide bonds. The van der Waals surface area contributed by atoms with Gasteiger partial charge in [0.05, 0.1) is 4.92 Å². The maximum Gasteiger partial charge on any atom is 0.293 e. The van der Waals surface area contributed by atoms with Crippen LogP contribution in [0.25, 0.3) is 0 Å². The Bertz CT molecular complexity index is 460. The second-order valence-electron chi connectivity index (χ2n) is 5.02.